The van der Waals surface area contributed by atoms with Crippen molar-refractivity contribution in [2.24, 2.45) is 0 Å². The topological polar surface area (TPSA) is 63.7 Å². The van der Waals surface area contributed by atoms with Gasteiger partial charge in [-0.25, -0.2) is 8.42 Å². The van der Waals surface area contributed by atoms with Crippen LogP contribution in [0.2, 0.25) is 5.02 Å². The first-order valence-corrected chi connectivity index (χ1v) is 6.48. The molecule has 0 aromatic heterocycles. The summed E-state index contributed by atoms with van der Waals surface area (Å²) in [5, 5.41) is 0.444. The highest BCUT2D eigenvalue weighted by Crippen LogP contribution is 2.17. The third-order valence-electron chi connectivity index (χ3n) is 2.10. The number of carbonyl (C=O) groups excluding carboxylic acids is 1. The molecule has 0 aliphatic carbocycles. The van der Waals surface area contributed by atoms with E-state index in [9.17, 15) is 13.2 Å². The second-order valence-electron chi connectivity index (χ2n) is 3.29. The number of methoxy groups -OCH3 is 1. The van der Waals surface area contributed by atoms with Gasteiger partial charge in [0, 0.05) is 12.1 Å². The molecule has 5 nitrogen and oxygen atoms in total. The summed E-state index contributed by atoms with van der Waals surface area (Å²) >= 11 is 5.67. The average molecular weight is 278 g/mol. The minimum Gasteiger partial charge on any atom is -0.468 e. The highest BCUT2D eigenvalue weighted by molar-refractivity contribution is 7.89. The molecular formula is C10H12ClNO4S. The van der Waals surface area contributed by atoms with Crippen molar-refractivity contribution >= 4 is 27.6 Å². The largest absolute Gasteiger partial charge is 0.468 e. The van der Waals surface area contributed by atoms with Crippen molar-refractivity contribution in [1.29, 1.82) is 0 Å². The zero-order valence-corrected chi connectivity index (χ0v) is 11.0. The van der Waals surface area contributed by atoms with Gasteiger partial charge >= 0.3 is 5.97 Å². The van der Waals surface area contributed by atoms with Crippen molar-refractivity contribution in [3.8, 4) is 0 Å². The molecule has 0 heterocycles. The Kier molecular flexibility index (Phi) is 4.50. The number of likely N-dealkylation sites (N-methyl/N-ethyl adjacent to an activating group) is 1. The van der Waals surface area contributed by atoms with Gasteiger partial charge in [0.05, 0.1) is 12.0 Å². The highest BCUT2D eigenvalue weighted by atomic mass is 35.5. The number of halogens is 1. The first-order chi connectivity index (χ1) is 7.87. The van der Waals surface area contributed by atoms with E-state index in [2.05, 4.69) is 4.74 Å². The van der Waals surface area contributed by atoms with Gasteiger partial charge in [-0.3, -0.25) is 4.79 Å². The van der Waals surface area contributed by atoms with Crippen LogP contribution in [0.5, 0.6) is 0 Å². The van der Waals surface area contributed by atoms with E-state index >= 15 is 0 Å². The first kappa shape index (κ1) is 14.0. The molecule has 1 aromatic carbocycles. The lowest BCUT2D eigenvalue weighted by molar-refractivity contribution is -0.140. The summed E-state index contributed by atoms with van der Waals surface area (Å²) in [4.78, 5) is 11.1. The van der Waals surface area contributed by atoms with E-state index in [1.165, 1.54) is 38.4 Å². The van der Waals surface area contributed by atoms with Crippen molar-refractivity contribution in [3.05, 3.63) is 29.3 Å². The predicted octanol–water partition coefficient (Wildman–Crippen LogP) is 1.13. The van der Waals surface area contributed by atoms with Crippen LogP contribution in [0.4, 0.5) is 0 Å². The number of ether oxygens (including phenoxy) is 1. The Morgan fingerprint density at radius 2 is 1.88 bits per heavy atom. The Morgan fingerprint density at radius 3 is 2.35 bits per heavy atom. The Labute approximate surface area is 105 Å². The van der Waals surface area contributed by atoms with E-state index in [4.69, 9.17) is 11.6 Å². The average Bonchev–Trinajstić information content (AvgIpc) is 2.29. The van der Waals surface area contributed by atoms with Gasteiger partial charge in [-0.1, -0.05) is 11.6 Å². The Morgan fingerprint density at radius 1 is 1.35 bits per heavy atom. The summed E-state index contributed by atoms with van der Waals surface area (Å²) in [5.41, 5.74) is 0. The second-order valence-corrected chi connectivity index (χ2v) is 5.77. The van der Waals surface area contributed by atoms with Crippen LogP contribution in [-0.2, 0) is 19.6 Å². The highest BCUT2D eigenvalue weighted by Gasteiger charge is 2.22. The fourth-order valence-corrected chi connectivity index (χ4v) is 2.36. The van der Waals surface area contributed by atoms with E-state index in [0.29, 0.717) is 5.02 Å². The SMILES string of the molecule is COC(=O)CN(C)S(=O)(=O)c1ccc(Cl)cc1. The minimum absolute atomic E-state index is 0.0771. The fourth-order valence-electron chi connectivity index (χ4n) is 1.12. The van der Waals surface area contributed by atoms with Gasteiger partial charge in [-0.15, -0.1) is 0 Å². The number of sulfonamides is 1. The molecule has 0 aliphatic rings. The number of nitrogens with zero attached hydrogens (tertiary/aromatic N) is 1. The molecule has 0 bridgehead atoms. The van der Waals surface area contributed by atoms with E-state index in [-0.39, 0.29) is 11.4 Å². The molecule has 0 radical (unpaired) electrons. The van der Waals surface area contributed by atoms with Crippen LogP contribution in [0.15, 0.2) is 29.2 Å². The molecule has 0 unspecified atom stereocenters. The van der Waals surface area contributed by atoms with Gasteiger partial charge in [0.1, 0.15) is 6.54 Å². The monoisotopic (exact) mass is 277 g/mol. The third kappa shape index (κ3) is 3.42. The summed E-state index contributed by atoms with van der Waals surface area (Å²) in [6, 6.07) is 5.71. The van der Waals surface area contributed by atoms with Crippen LogP contribution in [0.1, 0.15) is 0 Å². The Balaban J connectivity index is 2.95. The summed E-state index contributed by atoms with van der Waals surface area (Å²) in [6.45, 7) is -0.332. The van der Waals surface area contributed by atoms with E-state index in [0.717, 1.165) is 4.31 Å². The lowest BCUT2D eigenvalue weighted by atomic mass is 10.4. The van der Waals surface area contributed by atoms with Gasteiger partial charge in [0.2, 0.25) is 10.0 Å². The van der Waals surface area contributed by atoms with E-state index in [1.54, 1.807) is 0 Å². The van der Waals surface area contributed by atoms with E-state index < -0.39 is 16.0 Å². The molecule has 1 rings (SSSR count). The zero-order valence-electron chi connectivity index (χ0n) is 9.38. The van der Waals surface area contributed by atoms with Gasteiger partial charge < -0.3 is 4.74 Å². The Bertz CT molecular complexity index is 498. The van der Waals surface area contributed by atoms with Crippen molar-refractivity contribution in [1.82, 2.24) is 4.31 Å². The lowest BCUT2D eigenvalue weighted by Gasteiger charge is -2.15. The smallest absolute Gasteiger partial charge is 0.321 e. The standard InChI is InChI=1S/C10H12ClNO4S/c1-12(7-10(13)16-2)17(14,15)9-5-3-8(11)4-6-9/h3-6H,7H2,1-2H3. The maximum Gasteiger partial charge on any atom is 0.321 e. The molecule has 1 aromatic rings. The van der Waals surface area contributed by atoms with Crippen LogP contribution < -0.4 is 0 Å². The van der Waals surface area contributed by atoms with Crippen molar-refractivity contribution in [2.75, 3.05) is 20.7 Å². The van der Waals surface area contributed by atoms with Gasteiger partial charge in [0.15, 0.2) is 0 Å². The molecule has 0 spiro atoms. The molecule has 94 valence electrons. The molecular weight excluding hydrogens is 266 g/mol. The maximum atomic E-state index is 12.0. The van der Waals surface area contributed by atoms with Gasteiger partial charge in [-0.05, 0) is 24.3 Å². The quantitative estimate of drug-likeness (QED) is 0.774. The van der Waals surface area contributed by atoms with Crippen molar-refractivity contribution in [3.63, 3.8) is 0 Å². The van der Waals surface area contributed by atoms with Crippen LogP contribution in [-0.4, -0.2) is 39.4 Å². The summed E-state index contributed by atoms with van der Waals surface area (Å²) < 4.78 is 29.3. The molecule has 0 atom stereocenters. The van der Waals surface area contributed by atoms with E-state index in [1.807, 2.05) is 0 Å². The summed E-state index contributed by atoms with van der Waals surface area (Å²) in [6.07, 6.45) is 0. The van der Waals surface area contributed by atoms with Gasteiger partial charge in [0.25, 0.3) is 0 Å². The normalized spacial score (nSPS) is 11.5. The predicted molar refractivity (Wildman–Crippen MR) is 63.3 cm³/mol. The number of hydrogen-bond acceptors (Lipinski definition) is 4. The Hall–Kier alpha value is -1.11. The van der Waals surface area contributed by atoms with Gasteiger partial charge in [-0.2, -0.15) is 4.31 Å². The minimum atomic E-state index is -3.69. The molecule has 0 aliphatic heterocycles. The van der Waals surface area contributed by atoms with Crippen LogP contribution >= 0.6 is 11.6 Å². The van der Waals surface area contributed by atoms with Crippen LogP contribution in [0, 0.1) is 0 Å². The molecule has 0 saturated carbocycles. The van der Waals surface area contributed by atoms with Crippen LogP contribution in [0.25, 0.3) is 0 Å². The summed E-state index contributed by atoms with van der Waals surface area (Å²) in [7, 11) is -1.18. The molecule has 17 heavy (non-hydrogen) atoms. The van der Waals surface area contributed by atoms with Crippen LogP contribution in [0.3, 0.4) is 0 Å². The number of esters is 1. The second kappa shape index (κ2) is 5.48. The molecule has 7 heteroatoms. The zero-order chi connectivity index (χ0) is 13.1. The lowest BCUT2D eigenvalue weighted by Crippen LogP contribution is -2.32. The molecule has 0 fully saturated rings. The summed E-state index contributed by atoms with van der Waals surface area (Å²) in [5.74, 6) is -0.620. The van der Waals surface area contributed by atoms with Crippen molar-refractivity contribution in [2.45, 2.75) is 4.90 Å². The first-order valence-electron chi connectivity index (χ1n) is 4.66. The number of hydrogen-bond donors (Lipinski definition) is 0. The molecule has 0 N–H and O–H groups in total. The fraction of sp³-hybridized carbons (Fsp3) is 0.300. The molecule has 0 saturated heterocycles. The maximum absolute atomic E-state index is 12.0. The third-order valence-corrected chi connectivity index (χ3v) is 4.17. The molecule has 0 amide bonds. The van der Waals surface area contributed by atoms with Crippen molar-refractivity contribution < 1.29 is 17.9 Å². The number of carbonyl (C=O) groups is 1. The number of benzene rings is 1. The number of rotatable bonds is 4.